The van der Waals surface area contributed by atoms with Crippen molar-refractivity contribution >= 4 is 0 Å². The van der Waals surface area contributed by atoms with Gasteiger partial charge < -0.3 is 5.32 Å². The summed E-state index contributed by atoms with van der Waals surface area (Å²) in [6, 6.07) is 0.729. The Hall–Kier alpha value is -0.300. The molecule has 0 amide bonds. The summed E-state index contributed by atoms with van der Waals surface area (Å²) in [5.41, 5.74) is 1.38. The number of allylic oxidation sites excluding steroid dienone is 1. The molecular formula is C14H27N. The van der Waals surface area contributed by atoms with Gasteiger partial charge in [0.1, 0.15) is 0 Å². The van der Waals surface area contributed by atoms with Gasteiger partial charge in [0.25, 0.3) is 0 Å². The minimum absolute atomic E-state index is 0.729. The molecule has 15 heavy (non-hydrogen) atoms. The molecule has 0 aliphatic heterocycles. The maximum absolute atomic E-state index is 4.11. The zero-order valence-electron chi connectivity index (χ0n) is 10.7. The Kier molecular flexibility index (Phi) is 5.38. The topological polar surface area (TPSA) is 12.0 Å². The lowest BCUT2D eigenvalue weighted by Crippen LogP contribution is -2.40. The molecule has 3 atom stereocenters. The summed E-state index contributed by atoms with van der Waals surface area (Å²) < 4.78 is 0. The minimum Gasteiger partial charge on any atom is -0.314 e. The first kappa shape index (κ1) is 12.8. The molecule has 0 aromatic rings. The van der Waals surface area contributed by atoms with Gasteiger partial charge in [0, 0.05) is 6.04 Å². The highest BCUT2D eigenvalue weighted by Gasteiger charge is 2.27. The van der Waals surface area contributed by atoms with Gasteiger partial charge in [0.05, 0.1) is 0 Å². The van der Waals surface area contributed by atoms with E-state index in [4.69, 9.17) is 0 Å². The fourth-order valence-electron chi connectivity index (χ4n) is 2.52. The molecule has 1 N–H and O–H groups in total. The van der Waals surface area contributed by atoms with Crippen LogP contribution >= 0.6 is 0 Å². The first-order chi connectivity index (χ1) is 7.15. The number of unbranched alkanes of at least 4 members (excludes halogenated alkanes) is 1. The van der Waals surface area contributed by atoms with Gasteiger partial charge in [0.2, 0.25) is 0 Å². The van der Waals surface area contributed by atoms with Crippen LogP contribution in [-0.2, 0) is 0 Å². The summed E-state index contributed by atoms with van der Waals surface area (Å²) in [7, 11) is 0. The SMILES string of the molecule is C=C(C)[C@@H]1CCC(C)C(NCCCC)C1. The van der Waals surface area contributed by atoms with E-state index in [1.54, 1.807) is 0 Å². The molecule has 1 saturated carbocycles. The van der Waals surface area contributed by atoms with Gasteiger partial charge in [-0.2, -0.15) is 0 Å². The predicted molar refractivity (Wildman–Crippen MR) is 68.0 cm³/mol. The Labute approximate surface area is 95.3 Å². The Bertz CT molecular complexity index is 198. The second-order valence-electron chi connectivity index (χ2n) is 5.25. The van der Waals surface area contributed by atoms with Crippen LogP contribution in [-0.4, -0.2) is 12.6 Å². The largest absolute Gasteiger partial charge is 0.314 e. The molecule has 1 rings (SSSR count). The van der Waals surface area contributed by atoms with Crippen LogP contribution in [0.25, 0.3) is 0 Å². The molecule has 0 saturated heterocycles. The summed E-state index contributed by atoms with van der Waals surface area (Å²) >= 11 is 0. The monoisotopic (exact) mass is 209 g/mol. The molecular weight excluding hydrogens is 182 g/mol. The zero-order chi connectivity index (χ0) is 11.3. The molecule has 1 aliphatic carbocycles. The normalized spacial score (nSPS) is 31.5. The van der Waals surface area contributed by atoms with Crippen molar-refractivity contribution in [2.24, 2.45) is 11.8 Å². The van der Waals surface area contributed by atoms with Crippen molar-refractivity contribution < 1.29 is 0 Å². The van der Waals surface area contributed by atoms with E-state index in [9.17, 15) is 0 Å². The van der Waals surface area contributed by atoms with Crippen LogP contribution < -0.4 is 5.32 Å². The Morgan fingerprint density at radius 3 is 2.73 bits per heavy atom. The van der Waals surface area contributed by atoms with Gasteiger partial charge in [-0.05, 0) is 51.0 Å². The van der Waals surface area contributed by atoms with E-state index in [1.165, 1.54) is 44.2 Å². The van der Waals surface area contributed by atoms with Crippen LogP contribution in [0.3, 0.4) is 0 Å². The molecule has 1 aliphatic rings. The summed E-state index contributed by atoms with van der Waals surface area (Å²) in [5.74, 6) is 1.61. The van der Waals surface area contributed by atoms with E-state index < -0.39 is 0 Å². The molecule has 88 valence electrons. The van der Waals surface area contributed by atoms with Crippen molar-refractivity contribution in [1.82, 2.24) is 5.32 Å². The Morgan fingerprint density at radius 1 is 1.40 bits per heavy atom. The van der Waals surface area contributed by atoms with Gasteiger partial charge in [-0.25, -0.2) is 0 Å². The van der Waals surface area contributed by atoms with Crippen molar-refractivity contribution in [2.45, 2.75) is 58.9 Å². The lowest BCUT2D eigenvalue weighted by molar-refractivity contribution is 0.237. The van der Waals surface area contributed by atoms with Crippen molar-refractivity contribution in [2.75, 3.05) is 6.54 Å². The zero-order valence-corrected chi connectivity index (χ0v) is 10.7. The van der Waals surface area contributed by atoms with E-state index in [2.05, 4.69) is 32.7 Å². The molecule has 0 heterocycles. The molecule has 1 fully saturated rings. The first-order valence-electron chi connectivity index (χ1n) is 6.54. The molecule has 0 spiro atoms. The lowest BCUT2D eigenvalue weighted by Gasteiger charge is -2.35. The van der Waals surface area contributed by atoms with E-state index in [1.807, 2.05) is 0 Å². The second-order valence-corrected chi connectivity index (χ2v) is 5.25. The maximum atomic E-state index is 4.11. The lowest BCUT2D eigenvalue weighted by atomic mass is 9.76. The van der Waals surface area contributed by atoms with Crippen LogP contribution in [0.5, 0.6) is 0 Å². The molecule has 1 nitrogen and oxygen atoms in total. The van der Waals surface area contributed by atoms with Crippen LogP contribution in [0.4, 0.5) is 0 Å². The Balaban J connectivity index is 2.36. The van der Waals surface area contributed by atoms with Gasteiger partial charge in [-0.15, -0.1) is 0 Å². The van der Waals surface area contributed by atoms with E-state index in [0.717, 1.165) is 17.9 Å². The van der Waals surface area contributed by atoms with Crippen molar-refractivity contribution in [3.63, 3.8) is 0 Å². The van der Waals surface area contributed by atoms with Crippen LogP contribution in [0.2, 0.25) is 0 Å². The number of hydrogen-bond donors (Lipinski definition) is 1. The van der Waals surface area contributed by atoms with Gasteiger partial charge in [-0.1, -0.05) is 32.4 Å². The van der Waals surface area contributed by atoms with Gasteiger partial charge >= 0.3 is 0 Å². The third-order valence-electron chi connectivity index (χ3n) is 3.83. The van der Waals surface area contributed by atoms with Crippen LogP contribution in [0.15, 0.2) is 12.2 Å². The minimum atomic E-state index is 0.729. The van der Waals surface area contributed by atoms with E-state index in [0.29, 0.717) is 0 Å². The molecule has 0 radical (unpaired) electrons. The standard InChI is InChI=1S/C14H27N/c1-5-6-9-15-14-10-13(11(2)3)8-7-12(14)4/h12-15H,2,5-10H2,1,3-4H3/t12?,13-,14?/m1/s1. The van der Waals surface area contributed by atoms with Crippen molar-refractivity contribution in [1.29, 1.82) is 0 Å². The smallest absolute Gasteiger partial charge is 0.00983 e. The molecule has 0 aromatic heterocycles. The number of nitrogens with one attached hydrogen (secondary N) is 1. The van der Waals surface area contributed by atoms with Crippen molar-refractivity contribution in [3.8, 4) is 0 Å². The fourth-order valence-corrected chi connectivity index (χ4v) is 2.52. The van der Waals surface area contributed by atoms with Crippen LogP contribution in [0, 0.1) is 11.8 Å². The van der Waals surface area contributed by atoms with Crippen LogP contribution in [0.1, 0.15) is 52.9 Å². The summed E-state index contributed by atoms with van der Waals surface area (Å²) in [6.45, 7) is 12.1. The quantitative estimate of drug-likeness (QED) is 0.537. The summed E-state index contributed by atoms with van der Waals surface area (Å²) in [5, 5.41) is 3.72. The van der Waals surface area contributed by atoms with E-state index >= 15 is 0 Å². The highest BCUT2D eigenvalue weighted by atomic mass is 14.9. The highest BCUT2D eigenvalue weighted by molar-refractivity contribution is 5.00. The van der Waals surface area contributed by atoms with Crippen molar-refractivity contribution in [3.05, 3.63) is 12.2 Å². The molecule has 0 aromatic carbocycles. The molecule has 1 heteroatoms. The number of rotatable bonds is 5. The van der Waals surface area contributed by atoms with Gasteiger partial charge in [0.15, 0.2) is 0 Å². The third kappa shape index (κ3) is 3.98. The average molecular weight is 209 g/mol. The number of hydrogen-bond acceptors (Lipinski definition) is 1. The summed E-state index contributed by atoms with van der Waals surface area (Å²) in [4.78, 5) is 0. The molecule has 0 bridgehead atoms. The average Bonchev–Trinajstić information content (AvgIpc) is 2.20. The van der Waals surface area contributed by atoms with E-state index in [-0.39, 0.29) is 0 Å². The first-order valence-corrected chi connectivity index (χ1v) is 6.54. The summed E-state index contributed by atoms with van der Waals surface area (Å²) in [6.07, 6.45) is 6.61. The predicted octanol–water partition coefficient (Wildman–Crippen LogP) is 3.76. The maximum Gasteiger partial charge on any atom is 0.00983 e. The third-order valence-corrected chi connectivity index (χ3v) is 3.83. The Morgan fingerprint density at radius 2 is 2.13 bits per heavy atom. The fraction of sp³-hybridized carbons (Fsp3) is 0.857. The second kappa shape index (κ2) is 6.32. The van der Waals surface area contributed by atoms with Gasteiger partial charge in [-0.3, -0.25) is 0 Å². The molecule has 2 unspecified atom stereocenters. The highest BCUT2D eigenvalue weighted by Crippen LogP contribution is 2.32.